The Kier molecular flexibility index (Phi) is 2.44. The highest BCUT2D eigenvalue weighted by atomic mass is 15.3. The van der Waals surface area contributed by atoms with Gasteiger partial charge in [0.2, 0.25) is 0 Å². The minimum absolute atomic E-state index is 0.454. The van der Waals surface area contributed by atoms with Crippen molar-refractivity contribution in [1.29, 1.82) is 0 Å². The number of nitrogens with zero attached hydrogens (tertiary/aromatic N) is 3. The van der Waals surface area contributed by atoms with E-state index in [4.69, 9.17) is 5.73 Å². The van der Waals surface area contributed by atoms with Gasteiger partial charge in [-0.25, -0.2) is 0 Å². The normalized spacial score (nSPS) is 15.2. The summed E-state index contributed by atoms with van der Waals surface area (Å²) in [5, 5.41) is 8.48. The van der Waals surface area contributed by atoms with Gasteiger partial charge in [0, 0.05) is 11.6 Å². The molecule has 1 heterocycles. The summed E-state index contributed by atoms with van der Waals surface area (Å²) in [5.74, 6) is 1.85. The maximum absolute atomic E-state index is 5.71. The first-order valence-electron chi connectivity index (χ1n) is 6.00. The van der Waals surface area contributed by atoms with Gasteiger partial charge in [-0.1, -0.05) is 23.8 Å². The highest BCUT2D eigenvalue weighted by molar-refractivity contribution is 5.56. The number of aromatic nitrogens is 3. The summed E-state index contributed by atoms with van der Waals surface area (Å²) in [5.41, 5.74) is 8.08. The second-order valence-corrected chi connectivity index (χ2v) is 4.61. The molecule has 1 saturated carbocycles. The van der Waals surface area contributed by atoms with Crippen molar-refractivity contribution in [2.24, 2.45) is 5.73 Å². The van der Waals surface area contributed by atoms with Crippen LogP contribution in [0.25, 0.3) is 11.4 Å². The summed E-state index contributed by atoms with van der Waals surface area (Å²) in [6.45, 7) is 2.54. The van der Waals surface area contributed by atoms with Gasteiger partial charge in [0.15, 0.2) is 5.82 Å². The maximum Gasteiger partial charge on any atom is 0.164 e. The zero-order chi connectivity index (χ0) is 11.8. The van der Waals surface area contributed by atoms with Gasteiger partial charge in [-0.2, -0.15) is 0 Å². The Morgan fingerprint density at radius 3 is 2.82 bits per heavy atom. The molecule has 88 valence electrons. The predicted octanol–water partition coefficient (Wildman–Crippen LogP) is 2.05. The molecule has 1 aromatic heterocycles. The van der Waals surface area contributed by atoms with Crippen molar-refractivity contribution in [3.63, 3.8) is 0 Å². The minimum atomic E-state index is 0.454. The van der Waals surface area contributed by atoms with Gasteiger partial charge < -0.3 is 10.3 Å². The van der Waals surface area contributed by atoms with Crippen molar-refractivity contribution in [3.8, 4) is 11.4 Å². The quantitative estimate of drug-likeness (QED) is 0.874. The van der Waals surface area contributed by atoms with Gasteiger partial charge in [0.1, 0.15) is 5.82 Å². The average Bonchev–Trinajstić information content (AvgIpc) is 3.08. The zero-order valence-electron chi connectivity index (χ0n) is 9.93. The summed E-state index contributed by atoms with van der Waals surface area (Å²) in [6, 6.07) is 8.92. The molecule has 0 saturated heterocycles. The van der Waals surface area contributed by atoms with E-state index < -0.39 is 0 Å². The number of hydrogen-bond donors (Lipinski definition) is 1. The van der Waals surface area contributed by atoms with Crippen molar-refractivity contribution in [3.05, 3.63) is 35.7 Å². The second kappa shape index (κ2) is 3.96. The molecular weight excluding hydrogens is 212 g/mol. The van der Waals surface area contributed by atoms with E-state index in [2.05, 4.69) is 46.0 Å². The largest absolute Gasteiger partial charge is 0.324 e. The molecule has 1 aromatic carbocycles. The van der Waals surface area contributed by atoms with Crippen molar-refractivity contribution in [1.82, 2.24) is 14.8 Å². The fourth-order valence-corrected chi connectivity index (χ4v) is 2.16. The molecule has 0 bridgehead atoms. The summed E-state index contributed by atoms with van der Waals surface area (Å²) in [4.78, 5) is 0. The Labute approximate surface area is 100 Å². The monoisotopic (exact) mass is 228 g/mol. The van der Waals surface area contributed by atoms with Crippen LogP contribution in [0.3, 0.4) is 0 Å². The van der Waals surface area contributed by atoms with Crippen LogP contribution in [0.5, 0.6) is 0 Å². The second-order valence-electron chi connectivity index (χ2n) is 4.61. The average molecular weight is 228 g/mol. The Hall–Kier alpha value is -1.68. The Balaban J connectivity index is 2.11. The van der Waals surface area contributed by atoms with Crippen LogP contribution < -0.4 is 5.73 Å². The van der Waals surface area contributed by atoms with Gasteiger partial charge in [-0.3, -0.25) is 0 Å². The van der Waals surface area contributed by atoms with E-state index in [-0.39, 0.29) is 0 Å². The Morgan fingerprint density at radius 2 is 2.18 bits per heavy atom. The molecule has 3 rings (SSSR count). The first-order chi connectivity index (χ1) is 8.29. The third-order valence-corrected chi connectivity index (χ3v) is 3.14. The number of hydrogen-bond acceptors (Lipinski definition) is 3. The minimum Gasteiger partial charge on any atom is -0.324 e. The van der Waals surface area contributed by atoms with Crippen LogP contribution in [0.2, 0.25) is 0 Å². The molecule has 1 aliphatic rings. The molecule has 2 N–H and O–H groups in total. The van der Waals surface area contributed by atoms with E-state index >= 15 is 0 Å². The maximum atomic E-state index is 5.71. The van der Waals surface area contributed by atoms with Gasteiger partial charge in [-0.15, -0.1) is 10.2 Å². The SMILES string of the molecule is Cc1cccc(-c2nnc(CN)n2C2CC2)c1. The van der Waals surface area contributed by atoms with E-state index in [1.807, 2.05) is 0 Å². The van der Waals surface area contributed by atoms with Crippen LogP contribution in [-0.4, -0.2) is 14.8 Å². The smallest absolute Gasteiger partial charge is 0.164 e. The van der Waals surface area contributed by atoms with Crippen LogP contribution >= 0.6 is 0 Å². The van der Waals surface area contributed by atoms with Gasteiger partial charge in [-0.05, 0) is 25.8 Å². The summed E-state index contributed by atoms with van der Waals surface area (Å²) in [6.07, 6.45) is 2.42. The van der Waals surface area contributed by atoms with Crippen LogP contribution in [0.1, 0.15) is 30.3 Å². The lowest BCUT2D eigenvalue weighted by Crippen LogP contribution is -2.08. The highest BCUT2D eigenvalue weighted by Crippen LogP contribution is 2.38. The van der Waals surface area contributed by atoms with Gasteiger partial charge >= 0.3 is 0 Å². The number of aryl methyl sites for hydroxylation is 1. The summed E-state index contributed by atoms with van der Waals surface area (Å²) >= 11 is 0. The molecule has 0 unspecified atom stereocenters. The Morgan fingerprint density at radius 1 is 1.35 bits per heavy atom. The summed E-state index contributed by atoms with van der Waals surface area (Å²) in [7, 11) is 0. The van der Waals surface area contributed by atoms with Crippen molar-refractivity contribution >= 4 is 0 Å². The van der Waals surface area contributed by atoms with Gasteiger partial charge in [0.25, 0.3) is 0 Å². The molecule has 4 heteroatoms. The number of benzene rings is 1. The van der Waals surface area contributed by atoms with E-state index in [1.54, 1.807) is 0 Å². The lowest BCUT2D eigenvalue weighted by atomic mass is 10.1. The van der Waals surface area contributed by atoms with E-state index in [0.717, 1.165) is 17.2 Å². The molecule has 4 nitrogen and oxygen atoms in total. The molecule has 0 aliphatic heterocycles. The molecule has 0 atom stereocenters. The molecule has 2 aromatic rings. The van der Waals surface area contributed by atoms with Crippen LogP contribution in [0.15, 0.2) is 24.3 Å². The molecular formula is C13H16N4. The number of rotatable bonds is 3. The standard InChI is InChI=1S/C13H16N4/c1-9-3-2-4-10(7-9)13-16-15-12(8-14)17(13)11-5-6-11/h2-4,7,11H,5-6,8,14H2,1H3. The van der Waals surface area contributed by atoms with E-state index in [0.29, 0.717) is 12.6 Å². The van der Waals surface area contributed by atoms with Crippen LogP contribution in [0.4, 0.5) is 0 Å². The van der Waals surface area contributed by atoms with Crippen molar-refractivity contribution in [2.75, 3.05) is 0 Å². The first kappa shape index (κ1) is 10.5. The fraction of sp³-hybridized carbons (Fsp3) is 0.385. The number of nitrogens with two attached hydrogens (primary N) is 1. The lowest BCUT2D eigenvalue weighted by molar-refractivity contribution is 0.688. The Bertz CT molecular complexity index is 540. The topological polar surface area (TPSA) is 56.7 Å². The molecule has 1 fully saturated rings. The predicted molar refractivity (Wildman–Crippen MR) is 66.4 cm³/mol. The molecule has 17 heavy (non-hydrogen) atoms. The molecule has 1 aliphatic carbocycles. The molecule has 0 spiro atoms. The third-order valence-electron chi connectivity index (χ3n) is 3.14. The molecule has 0 radical (unpaired) electrons. The summed E-state index contributed by atoms with van der Waals surface area (Å²) < 4.78 is 2.20. The fourth-order valence-electron chi connectivity index (χ4n) is 2.16. The first-order valence-corrected chi connectivity index (χ1v) is 6.00. The van der Waals surface area contributed by atoms with E-state index in [9.17, 15) is 0 Å². The van der Waals surface area contributed by atoms with Crippen molar-refractivity contribution in [2.45, 2.75) is 32.4 Å². The van der Waals surface area contributed by atoms with Crippen LogP contribution in [0, 0.1) is 6.92 Å². The van der Waals surface area contributed by atoms with Crippen molar-refractivity contribution < 1.29 is 0 Å². The highest BCUT2D eigenvalue weighted by Gasteiger charge is 2.29. The third kappa shape index (κ3) is 1.85. The molecule has 0 amide bonds. The zero-order valence-corrected chi connectivity index (χ0v) is 9.93. The van der Waals surface area contributed by atoms with E-state index in [1.165, 1.54) is 18.4 Å². The van der Waals surface area contributed by atoms with Gasteiger partial charge in [0.05, 0.1) is 6.54 Å². The lowest BCUT2D eigenvalue weighted by Gasteiger charge is -2.08. The van der Waals surface area contributed by atoms with Crippen LogP contribution in [-0.2, 0) is 6.54 Å².